The van der Waals surface area contributed by atoms with E-state index in [0.29, 0.717) is 24.6 Å². The highest BCUT2D eigenvalue weighted by molar-refractivity contribution is 6.05. The first-order chi connectivity index (χ1) is 13.3. The van der Waals surface area contributed by atoms with Crippen molar-refractivity contribution in [2.75, 3.05) is 13.1 Å². The third-order valence-electron chi connectivity index (χ3n) is 5.60. The summed E-state index contributed by atoms with van der Waals surface area (Å²) in [6, 6.07) is 20.0. The van der Waals surface area contributed by atoms with Crippen LogP contribution in [-0.4, -0.2) is 35.0 Å². The van der Waals surface area contributed by atoms with Gasteiger partial charge in [0.15, 0.2) is 0 Å². The van der Waals surface area contributed by atoms with Crippen molar-refractivity contribution >= 4 is 16.8 Å². The van der Waals surface area contributed by atoms with Gasteiger partial charge in [0.1, 0.15) is 6.10 Å². The highest BCUT2D eigenvalue weighted by Gasteiger charge is 2.40. The van der Waals surface area contributed by atoms with Gasteiger partial charge in [-0.15, -0.1) is 0 Å². The van der Waals surface area contributed by atoms with Crippen molar-refractivity contribution < 1.29 is 9.53 Å². The molecule has 1 aliphatic carbocycles. The Morgan fingerprint density at radius 2 is 1.78 bits per heavy atom. The number of amides is 1. The van der Waals surface area contributed by atoms with E-state index in [-0.39, 0.29) is 18.1 Å². The molecule has 1 saturated carbocycles. The van der Waals surface area contributed by atoms with E-state index in [0.717, 1.165) is 16.5 Å². The molecule has 0 N–H and O–H groups in total. The predicted octanol–water partition coefficient (Wildman–Crippen LogP) is 4.23. The molecule has 3 aromatic rings. The molecule has 2 fully saturated rings. The van der Waals surface area contributed by atoms with E-state index in [1.807, 2.05) is 53.4 Å². The Morgan fingerprint density at radius 3 is 2.59 bits per heavy atom. The van der Waals surface area contributed by atoms with Crippen LogP contribution < -0.4 is 0 Å². The summed E-state index contributed by atoms with van der Waals surface area (Å²) in [5.74, 6) is 0.631. The van der Waals surface area contributed by atoms with Gasteiger partial charge in [0.05, 0.1) is 23.7 Å². The number of aromatic nitrogens is 1. The van der Waals surface area contributed by atoms with Gasteiger partial charge in [-0.1, -0.05) is 48.5 Å². The maximum Gasteiger partial charge on any atom is 0.256 e. The Bertz CT molecular complexity index is 963. The molecule has 2 atom stereocenters. The first-order valence-electron chi connectivity index (χ1n) is 9.63. The quantitative estimate of drug-likeness (QED) is 0.704. The number of ether oxygens (including phenoxy) is 1. The molecule has 0 bridgehead atoms. The number of fused-ring (bicyclic) bond motifs is 1. The van der Waals surface area contributed by atoms with E-state index in [1.54, 1.807) is 6.20 Å². The van der Waals surface area contributed by atoms with Crippen LogP contribution in [0.15, 0.2) is 66.9 Å². The van der Waals surface area contributed by atoms with Crippen molar-refractivity contribution in [2.45, 2.75) is 25.0 Å². The van der Waals surface area contributed by atoms with Crippen LogP contribution in [0, 0.1) is 5.92 Å². The Hall–Kier alpha value is -2.72. The predicted molar refractivity (Wildman–Crippen MR) is 104 cm³/mol. The summed E-state index contributed by atoms with van der Waals surface area (Å²) in [5.41, 5.74) is 2.59. The second-order valence-corrected chi connectivity index (χ2v) is 7.50. The topological polar surface area (TPSA) is 42.4 Å². The largest absolute Gasteiger partial charge is 0.366 e. The summed E-state index contributed by atoms with van der Waals surface area (Å²) < 4.78 is 6.39. The zero-order valence-electron chi connectivity index (χ0n) is 15.1. The number of morpholine rings is 1. The standard InChI is InChI=1S/C23H22N2O2/c26-23(19-10-4-8-18-9-5-13-24-22(18)19)25-14-20(16-6-2-1-3-7-16)27-21(15-25)17-11-12-17/h1-10,13,17,20-21H,11-12,14-15H2/t20-,21+/m0/s1. The van der Waals surface area contributed by atoms with Gasteiger partial charge in [0, 0.05) is 18.1 Å². The van der Waals surface area contributed by atoms with Gasteiger partial charge in [0.25, 0.3) is 5.91 Å². The Morgan fingerprint density at radius 1 is 0.963 bits per heavy atom. The summed E-state index contributed by atoms with van der Waals surface area (Å²) in [6.07, 6.45) is 4.19. The first-order valence-corrected chi connectivity index (χ1v) is 9.63. The number of para-hydroxylation sites is 1. The molecule has 0 spiro atoms. The Kier molecular flexibility index (Phi) is 4.13. The minimum absolute atomic E-state index is 0.0502. The molecule has 27 heavy (non-hydrogen) atoms. The van der Waals surface area contributed by atoms with Crippen molar-refractivity contribution in [3.8, 4) is 0 Å². The maximum absolute atomic E-state index is 13.4. The van der Waals surface area contributed by atoms with E-state index in [4.69, 9.17) is 4.74 Å². The number of nitrogens with zero attached hydrogens (tertiary/aromatic N) is 2. The van der Waals surface area contributed by atoms with Crippen LogP contribution in [0.1, 0.15) is 34.9 Å². The van der Waals surface area contributed by atoms with Crippen LogP contribution in [0.25, 0.3) is 10.9 Å². The van der Waals surface area contributed by atoms with Gasteiger partial charge in [-0.3, -0.25) is 9.78 Å². The lowest BCUT2D eigenvalue weighted by Crippen LogP contribution is -2.47. The molecule has 5 rings (SSSR count). The number of hydrogen-bond donors (Lipinski definition) is 0. The summed E-state index contributed by atoms with van der Waals surface area (Å²) in [7, 11) is 0. The van der Waals surface area contributed by atoms with Crippen LogP contribution >= 0.6 is 0 Å². The van der Waals surface area contributed by atoms with Gasteiger partial charge in [-0.05, 0) is 36.5 Å². The van der Waals surface area contributed by atoms with Gasteiger partial charge in [-0.2, -0.15) is 0 Å². The van der Waals surface area contributed by atoms with E-state index < -0.39 is 0 Å². The second kappa shape index (κ2) is 6.78. The fourth-order valence-corrected chi connectivity index (χ4v) is 3.98. The SMILES string of the molecule is O=C(c1cccc2cccnc12)N1C[C@@H](c2ccccc2)O[C@@H](C2CC2)C1. The molecule has 1 saturated heterocycles. The molecule has 2 aromatic carbocycles. The Labute approximate surface area is 158 Å². The number of carbonyl (C=O) groups excluding carboxylic acids is 1. The molecule has 0 radical (unpaired) electrons. The van der Waals surface area contributed by atoms with Crippen molar-refractivity contribution in [3.63, 3.8) is 0 Å². The highest BCUT2D eigenvalue weighted by atomic mass is 16.5. The minimum Gasteiger partial charge on any atom is -0.366 e. The molecule has 4 heteroatoms. The molecule has 2 heterocycles. The monoisotopic (exact) mass is 358 g/mol. The summed E-state index contributed by atoms with van der Waals surface area (Å²) in [5, 5.41) is 0.995. The lowest BCUT2D eigenvalue weighted by Gasteiger charge is -2.38. The van der Waals surface area contributed by atoms with Crippen LogP contribution in [0.3, 0.4) is 0 Å². The average Bonchev–Trinajstić information content (AvgIpc) is 3.59. The van der Waals surface area contributed by atoms with Gasteiger partial charge >= 0.3 is 0 Å². The van der Waals surface area contributed by atoms with Gasteiger partial charge < -0.3 is 9.64 Å². The molecule has 2 aliphatic rings. The number of rotatable bonds is 3. The molecule has 136 valence electrons. The fourth-order valence-electron chi connectivity index (χ4n) is 3.98. The van der Waals surface area contributed by atoms with Crippen molar-refractivity contribution in [1.82, 2.24) is 9.88 Å². The summed E-state index contributed by atoms with van der Waals surface area (Å²) in [6.45, 7) is 1.24. The van der Waals surface area contributed by atoms with Crippen LogP contribution in [0.2, 0.25) is 0 Å². The lowest BCUT2D eigenvalue weighted by molar-refractivity contribution is -0.0863. The van der Waals surface area contributed by atoms with E-state index >= 15 is 0 Å². The summed E-state index contributed by atoms with van der Waals surface area (Å²) in [4.78, 5) is 19.8. The van der Waals surface area contributed by atoms with Crippen LogP contribution in [0.4, 0.5) is 0 Å². The van der Waals surface area contributed by atoms with E-state index in [9.17, 15) is 4.79 Å². The summed E-state index contributed by atoms with van der Waals surface area (Å²) >= 11 is 0. The van der Waals surface area contributed by atoms with Crippen molar-refractivity contribution in [2.24, 2.45) is 5.92 Å². The molecule has 1 aliphatic heterocycles. The van der Waals surface area contributed by atoms with Gasteiger partial charge in [0.2, 0.25) is 0 Å². The minimum atomic E-state index is -0.0718. The number of carbonyl (C=O) groups is 1. The van der Waals surface area contributed by atoms with E-state index in [1.165, 1.54) is 12.8 Å². The first kappa shape index (κ1) is 16.5. The molecule has 0 unspecified atom stereocenters. The van der Waals surface area contributed by atoms with Crippen LogP contribution in [-0.2, 0) is 4.74 Å². The average molecular weight is 358 g/mol. The fraction of sp³-hybridized carbons (Fsp3) is 0.304. The molecule has 4 nitrogen and oxygen atoms in total. The molecular formula is C23H22N2O2. The van der Waals surface area contributed by atoms with Crippen molar-refractivity contribution in [1.29, 1.82) is 0 Å². The third kappa shape index (κ3) is 3.21. The highest BCUT2D eigenvalue weighted by Crippen LogP contribution is 2.39. The number of pyridine rings is 1. The lowest BCUT2D eigenvalue weighted by atomic mass is 10.0. The van der Waals surface area contributed by atoms with Gasteiger partial charge in [-0.25, -0.2) is 0 Å². The molecular weight excluding hydrogens is 336 g/mol. The number of benzene rings is 2. The van der Waals surface area contributed by atoms with Crippen molar-refractivity contribution in [3.05, 3.63) is 78.0 Å². The number of hydrogen-bond acceptors (Lipinski definition) is 3. The Balaban J connectivity index is 1.48. The normalized spacial score (nSPS) is 22.7. The smallest absolute Gasteiger partial charge is 0.256 e. The maximum atomic E-state index is 13.4. The second-order valence-electron chi connectivity index (χ2n) is 7.50. The molecule has 1 aromatic heterocycles. The van der Waals surface area contributed by atoms with E-state index in [2.05, 4.69) is 17.1 Å². The third-order valence-corrected chi connectivity index (χ3v) is 5.60. The molecule has 1 amide bonds. The van der Waals surface area contributed by atoms with Crippen LogP contribution in [0.5, 0.6) is 0 Å². The zero-order chi connectivity index (χ0) is 18.2. The zero-order valence-corrected chi connectivity index (χ0v) is 15.1.